The Morgan fingerprint density at radius 3 is 2.36 bits per heavy atom. The molecule has 1 aromatic carbocycles. The highest BCUT2D eigenvalue weighted by Gasteiger charge is 2.45. The first kappa shape index (κ1) is 27.0. The molecule has 4 rings (SSSR count). The Balaban J connectivity index is 1.48. The number of halogens is 2. The second kappa shape index (κ2) is 11.2. The zero-order chi connectivity index (χ0) is 26.0. The van der Waals surface area contributed by atoms with Crippen molar-refractivity contribution < 1.29 is 18.4 Å². The lowest BCUT2D eigenvalue weighted by Crippen LogP contribution is -2.57. The Morgan fingerprint density at radius 1 is 1.00 bits per heavy atom. The number of rotatable bonds is 5. The zero-order valence-electron chi connectivity index (χ0n) is 22.4. The standard InChI is InChI=1S/C29H43F2N3O2/c1-20-17-32(27(35)12-13-29(2,3)4)14-15-34(20)28(36)25-19-33(22-8-6-5-7-9-22)18-24(25)23-11-10-21(30)16-26(23)31/h10-11,16,20,22,24-25H,5-9,12-15,17-19H2,1-4H3/t20-,24-,25+/m0/s1. The summed E-state index contributed by atoms with van der Waals surface area (Å²) in [5.74, 6) is -1.63. The summed E-state index contributed by atoms with van der Waals surface area (Å²) in [5.41, 5.74) is 0.549. The van der Waals surface area contributed by atoms with Gasteiger partial charge in [0.2, 0.25) is 11.8 Å². The molecule has 1 saturated carbocycles. The van der Waals surface area contributed by atoms with Gasteiger partial charge in [-0.15, -0.1) is 0 Å². The summed E-state index contributed by atoms with van der Waals surface area (Å²) in [7, 11) is 0. The number of nitrogens with zero attached hydrogens (tertiary/aromatic N) is 3. The molecular weight excluding hydrogens is 460 g/mol. The normalized spacial score (nSPS) is 26.4. The minimum absolute atomic E-state index is 0.0383. The summed E-state index contributed by atoms with van der Waals surface area (Å²) in [6.07, 6.45) is 7.23. The molecule has 0 unspecified atom stereocenters. The summed E-state index contributed by atoms with van der Waals surface area (Å²) in [6, 6.07) is 4.10. The van der Waals surface area contributed by atoms with Crippen LogP contribution in [0.3, 0.4) is 0 Å². The van der Waals surface area contributed by atoms with Gasteiger partial charge in [-0.1, -0.05) is 46.1 Å². The van der Waals surface area contributed by atoms with E-state index in [9.17, 15) is 18.4 Å². The molecule has 2 amide bonds. The molecule has 0 spiro atoms. The van der Waals surface area contributed by atoms with Crippen LogP contribution in [0.25, 0.3) is 0 Å². The second-order valence-corrected chi connectivity index (χ2v) is 12.4. The largest absolute Gasteiger partial charge is 0.339 e. The number of carbonyl (C=O) groups is 2. The third-order valence-corrected chi connectivity index (χ3v) is 8.47. The van der Waals surface area contributed by atoms with E-state index in [1.165, 1.54) is 31.4 Å². The first-order valence-corrected chi connectivity index (χ1v) is 13.8. The summed E-state index contributed by atoms with van der Waals surface area (Å²) < 4.78 is 28.6. The zero-order valence-corrected chi connectivity index (χ0v) is 22.4. The summed E-state index contributed by atoms with van der Waals surface area (Å²) in [5, 5.41) is 0. The van der Waals surface area contributed by atoms with Crippen molar-refractivity contribution in [2.45, 2.75) is 90.6 Å². The molecule has 1 aliphatic carbocycles. The van der Waals surface area contributed by atoms with Crippen LogP contribution in [0.15, 0.2) is 18.2 Å². The molecule has 0 aromatic heterocycles. The molecule has 3 aliphatic rings. The van der Waals surface area contributed by atoms with E-state index >= 15 is 0 Å². The number of hydrogen-bond donors (Lipinski definition) is 0. The van der Waals surface area contributed by atoms with E-state index in [1.807, 2.05) is 16.7 Å². The molecule has 0 N–H and O–H groups in total. The lowest BCUT2D eigenvalue weighted by molar-refractivity contribution is -0.145. The van der Waals surface area contributed by atoms with Crippen LogP contribution in [-0.4, -0.2) is 71.3 Å². The SMILES string of the molecule is C[C@H]1CN(C(=O)CCC(C)(C)C)CCN1C(=O)[C@@H]1CN(C2CCCCC2)C[C@H]1c1ccc(F)cc1F. The number of piperazine rings is 1. The minimum Gasteiger partial charge on any atom is -0.339 e. The van der Waals surface area contributed by atoms with Crippen molar-refractivity contribution >= 4 is 11.8 Å². The highest BCUT2D eigenvalue weighted by Crippen LogP contribution is 2.39. The number of carbonyl (C=O) groups excluding carboxylic acids is 2. The van der Waals surface area contributed by atoms with Crippen LogP contribution in [0.4, 0.5) is 8.78 Å². The van der Waals surface area contributed by atoms with Crippen LogP contribution < -0.4 is 0 Å². The Morgan fingerprint density at radius 2 is 1.72 bits per heavy atom. The Kier molecular flexibility index (Phi) is 8.38. The van der Waals surface area contributed by atoms with Crippen molar-refractivity contribution in [3.63, 3.8) is 0 Å². The number of benzene rings is 1. The van der Waals surface area contributed by atoms with E-state index < -0.39 is 11.6 Å². The topological polar surface area (TPSA) is 43.9 Å². The molecular formula is C29H43F2N3O2. The summed E-state index contributed by atoms with van der Waals surface area (Å²) in [6.45, 7) is 11.2. The average Bonchev–Trinajstić information content (AvgIpc) is 3.27. The van der Waals surface area contributed by atoms with Crippen molar-refractivity contribution in [3.8, 4) is 0 Å². The predicted molar refractivity (Wildman–Crippen MR) is 137 cm³/mol. The van der Waals surface area contributed by atoms with Gasteiger partial charge in [-0.05, 0) is 43.2 Å². The van der Waals surface area contributed by atoms with Gasteiger partial charge in [-0.25, -0.2) is 8.78 Å². The number of likely N-dealkylation sites (tertiary alicyclic amines) is 1. The van der Waals surface area contributed by atoms with Gasteiger partial charge in [-0.3, -0.25) is 14.5 Å². The van der Waals surface area contributed by atoms with Gasteiger partial charge in [0.1, 0.15) is 11.6 Å². The van der Waals surface area contributed by atoms with Crippen LogP contribution >= 0.6 is 0 Å². The van der Waals surface area contributed by atoms with E-state index in [2.05, 4.69) is 25.7 Å². The smallest absolute Gasteiger partial charge is 0.228 e. The Hall–Kier alpha value is -2.02. The van der Waals surface area contributed by atoms with E-state index in [0.29, 0.717) is 50.7 Å². The van der Waals surface area contributed by atoms with Crippen LogP contribution in [0.2, 0.25) is 0 Å². The average molecular weight is 504 g/mol. The van der Waals surface area contributed by atoms with Crippen LogP contribution in [0.1, 0.15) is 84.1 Å². The predicted octanol–water partition coefficient (Wildman–Crippen LogP) is 5.20. The van der Waals surface area contributed by atoms with Gasteiger partial charge in [0.25, 0.3) is 0 Å². The molecule has 200 valence electrons. The molecule has 1 aromatic rings. The molecule has 3 fully saturated rings. The molecule has 2 heterocycles. The Bertz CT molecular complexity index is 941. The van der Waals surface area contributed by atoms with Gasteiger partial charge >= 0.3 is 0 Å². The fourth-order valence-corrected chi connectivity index (χ4v) is 6.31. The maximum atomic E-state index is 14.9. The Labute approximate surface area is 215 Å². The molecule has 0 radical (unpaired) electrons. The second-order valence-electron chi connectivity index (χ2n) is 12.4. The van der Waals surface area contributed by atoms with Crippen molar-refractivity contribution in [1.82, 2.24) is 14.7 Å². The van der Waals surface area contributed by atoms with E-state index in [4.69, 9.17) is 0 Å². The molecule has 2 saturated heterocycles. The molecule has 3 atom stereocenters. The van der Waals surface area contributed by atoms with Gasteiger partial charge in [-0.2, -0.15) is 0 Å². The lowest BCUT2D eigenvalue weighted by Gasteiger charge is -2.41. The van der Waals surface area contributed by atoms with E-state index in [-0.39, 0.29) is 35.1 Å². The maximum absolute atomic E-state index is 14.9. The summed E-state index contributed by atoms with van der Waals surface area (Å²) in [4.78, 5) is 32.9. The first-order valence-electron chi connectivity index (χ1n) is 13.8. The number of amides is 2. The lowest BCUT2D eigenvalue weighted by atomic mass is 9.87. The van der Waals surface area contributed by atoms with Gasteiger partial charge in [0, 0.05) is 63.2 Å². The molecule has 2 aliphatic heterocycles. The highest BCUT2D eigenvalue weighted by molar-refractivity contribution is 5.82. The van der Waals surface area contributed by atoms with Crippen LogP contribution in [-0.2, 0) is 9.59 Å². The number of hydrogen-bond acceptors (Lipinski definition) is 3. The van der Waals surface area contributed by atoms with Crippen LogP contribution in [0, 0.1) is 23.0 Å². The third-order valence-electron chi connectivity index (χ3n) is 8.47. The fraction of sp³-hybridized carbons (Fsp3) is 0.724. The van der Waals surface area contributed by atoms with Crippen molar-refractivity contribution in [2.24, 2.45) is 11.3 Å². The van der Waals surface area contributed by atoms with Crippen LogP contribution in [0.5, 0.6) is 0 Å². The van der Waals surface area contributed by atoms with Crippen molar-refractivity contribution in [2.75, 3.05) is 32.7 Å². The third kappa shape index (κ3) is 6.27. The molecule has 0 bridgehead atoms. The molecule has 7 heteroatoms. The molecule has 36 heavy (non-hydrogen) atoms. The highest BCUT2D eigenvalue weighted by atomic mass is 19.1. The van der Waals surface area contributed by atoms with Gasteiger partial charge in [0.15, 0.2) is 0 Å². The first-order chi connectivity index (χ1) is 17.0. The molecule has 5 nitrogen and oxygen atoms in total. The fourth-order valence-electron chi connectivity index (χ4n) is 6.31. The quantitative estimate of drug-likeness (QED) is 0.555. The van der Waals surface area contributed by atoms with Gasteiger partial charge < -0.3 is 9.80 Å². The maximum Gasteiger partial charge on any atom is 0.228 e. The summed E-state index contributed by atoms with van der Waals surface area (Å²) >= 11 is 0. The van der Waals surface area contributed by atoms with Gasteiger partial charge in [0.05, 0.1) is 5.92 Å². The minimum atomic E-state index is -0.595. The van der Waals surface area contributed by atoms with E-state index in [0.717, 1.165) is 25.3 Å². The van der Waals surface area contributed by atoms with E-state index in [1.54, 1.807) is 0 Å². The van der Waals surface area contributed by atoms with Crippen molar-refractivity contribution in [1.29, 1.82) is 0 Å². The van der Waals surface area contributed by atoms with Crippen molar-refractivity contribution in [3.05, 3.63) is 35.4 Å². The monoisotopic (exact) mass is 503 g/mol.